The van der Waals surface area contributed by atoms with Gasteiger partial charge < -0.3 is 14.4 Å². The summed E-state index contributed by atoms with van der Waals surface area (Å²) in [6, 6.07) is 5.02. The molecule has 102 valence electrons. The van der Waals surface area contributed by atoms with Crippen molar-refractivity contribution in [1.29, 1.82) is 0 Å². The number of anilines is 1. The van der Waals surface area contributed by atoms with Crippen molar-refractivity contribution in [3.05, 3.63) is 23.2 Å². The number of carbonyl (C=O) groups is 2. The van der Waals surface area contributed by atoms with Crippen molar-refractivity contribution in [2.75, 3.05) is 25.7 Å². The van der Waals surface area contributed by atoms with E-state index in [0.717, 1.165) is 0 Å². The normalized spacial score (nSPS) is 18.6. The molecule has 5 nitrogen and oxygen atoms in total. The predicted octanol–water partition coefficient (Wildman–Crippen LogP) is 1.87. The van der Waals surface area contributed by atoms with Crippen LogP contribution in [0.2, 0.25) is 5.02 Å². The van der Waals surface area contributed by atoms with E-state index in [2.05, 4.69) is 4.74 Å². The second-order valence-corrected chi connectivity index (χ2v) is 4.68. The molecule has 1 amide bonds. The van der Waals surface area contributed by atoms with Gasteiger partial charge in [0.1, 0.15) is 5.75 Å². The van der Waals surface area contributed by atoms with Crippen molar-refractivity contribution < 1.29 is 19.1 Å². The monoisotopic (exact) mass is 283 g/mol. The highest BCUT2D eigenvalue weighted by molar-refractivity contribution is 6.31. The molecule has 0 spiro atoms. The molecule has 1 aromatic carbocycles. The number of ether oxygens (including phenoxy) is 2. The van der Waals surface area contributed by atoms with Crippen molar-refractivity contribution in [3.63, 3.8) is 0 Å². The third-order valence-corrected chi connectivity index (χ3v) is 3.33. The first kappa shape index (κ1) is 13.7. The minimum Gasteiger partial charge on any atom is -0.495 e. The van der Waals surface area contributed by atoms with E-state index in [1.54, 1.807) is 18.2 Å². The summed E-state index contributed by atoms with van der Waals surface area (Å²) < 4.78 is 9.89. The zero-order valence-electron chi connectivity index (χ0n) is 10.7. The van der Waals surface area contributed by atoms with Gasteiger partial charge in [-0.1, -0.05) is 11.6 Å². The lowest BCUT2D eigenvalue weighted by molar-refractivity contribution is -0.145. The van der Waals surface area contributed by atoms with E-state index in [4.69, 9.17) is 16.3 Å². The van der Waals surface area contributed by atoms with Crippen LogP contribution in [-0.4, -0.2) is 32.6 Å². The van der Waals surface area contributed by atoms with Gasteiger partial charge in [-0.05, 0) is 18.2 Å². The summed E-state index contributed by atoms with van der Waals surface area (Å²) in [4.78, 5) is 25.0. The lowest BCUT2D eigenvalue weighted by Gasteiger charge is -2.19. The van der Waals surface area contributed by atoms with E-state index in [0.29, 0.717) is 16.5 Å². The van der Waals surface area contributed by atoms with E-state index >= 15 is 0 Å². The number of carbonyl (C=O) groups excluding carboxylic acids is 2. The Hall–Kier alpha value is -1.75. The molecule has 6 heteroatoms. The summed E-state index contributed by atoms with van der Waals surface area (Å²) in [5.41, 5.74) is 0.575. The maximum atomic E-state index is 12.0. The van der Waals surface area contributed by atoms with E-state index in [-0.39, 0.29) is 24.8 Å². The number of benzene rings is 1. The van der Waals surface area contributed by atoms with Crippen molar-refractivity contribution in [2.45, 2.75) is 6.42 Å². The molecule has 1 aliphatic rings. The van der Waals surface area contributed by atoms with E-state index < -0.39 is 5.92 Å². The molecule has 1 heterocycles. The summed E-state index contributed by atoms with van der Waals surface area (Å²) in [6.07, 6.45) is 0.141. The van der Waals surface area contributed by atoms with Crippen molar-refractivity contribution >= 4 is 29.2 Å². The Balaban J connectivity index is 2.30. The molecule has 1 fully saturated rings. The predicted molar refractivity (Wildman–Crippen MR) is 70.5 cm³/mol. The number of methoxy groups -OCH3 is 2. The highest BCUT2D eigenvalue weighted by Crippen LogP contribution is 2.35. The van der Waals surface area contributed by atoms with Gasteiger partial charge in [0.25, 0.3) is 0 Å². The average Bonchev–Trinajstić information content (AvgIpc) is 2.79. The van der Waals surface area contributed by atoms with Crippen LogP contribution in [0.1, 0.15) is 6.42 Å². The quantitative estimate of drug-likeness (QED) is 0.795. The van der Waals surface area contributed by atoms with Gasteiger partial charge in [0.2, 0.25) is 5.91 Å². The van der Waals surface area contributed by atoms with Crippen LogP contribution in [0, 0.1) is 5.92 Å². The Morgan fingerprint density at radius 1 is 1.42 bits per heavy atom. The molecule has 1 aliphatic heterocycles. The zero-order chi connectivity index (χ0) is 14.0. The van der Waals surface area contributed by atoms with E-state index in [9.17, 15) is 9.59 Å². The summed E-state index contributed by atoms with van der Waals surface area (Å²) in [7, 11) is 2.83. The second-order valence-electron chi connectivity index (χ2n) is 4.24. The zero-order valence-corrected chi connectivity index (χ0v) is 11.4. The Morgan fingerprint density at radius 3 is 2.79 bits per heavy atom. The highest BCUT2D eigenvalue weighted by atomic mass is 35.5. The number of nitrogens with zero attached hydrogens (tertiary/aromatic N) is 1. The van der Waals surface area contributed by atoms with Gasteiger partial charge in [0.15, 0.2) is 0 Å². The van der Waals surface area contributed by atoms with E-state index in [1.807, 2.05) is 0 Å². The lowest BCUT2D eigenvalue weighted by atomic mass is 10.1. The van der Waals surface area contributed by atoms with Crippen molar-refractivity contribution in [3.8, 4) is 5.75 Å². The fraction of sp³-hybridized carbons (Fsp3) is 0.385. The van der Waals surface area contributed by atoms with Gasteiger partial charge in [0.05, 0.1) is 25.8 Å². The van der Waals surface area contributed by atoms with Crippen LogP contribution in [0.4, 0.5) is 5.69 Å². The summed E-state index contributed by atoms with van der Waals surface area (Å²) in [6.45, 7) is 0.280. The van der Waals surface area contributed by atoms with Gasteiger partial charge in [-0.3, -0.25) is 9.59 Å². The molecular weight excluding hydrogens is 270 g/mol. The van der Waals surface area contributed by atoms with Gasteiger partial charge in [-0.15, -0.1) is 0 Å². The fourth-order valence-electron chi connectivity index (χ4n) is 2.14. The Labute approximate surface area is 116 Å². The number of hydrogen-bond acceptors (Lipinski definition) is 4. The molecule has 1 aromatic rings. The summed E-state index contributed by atoms with van der Waals surface area (Å²) >= 11 is 5.94. The van der Waals surface area contributed by atoms with Gasteiger partial charge in [-0.2, -0.15) is 0 Å². The fourth-order valence-corrected chi connectivity index (χ4v) is 2.31. The summed E-state index contributed by atoms with van der Waals surface area (Å²) in [5, 5.41) is 0.505. The van der Waals surface area contributed by atoms with Crippen LogP contribution in [0.3, 0.4) is 0 Å². The molecule has 0 aromatic heterocycles. The molecular formula is C13H14ClNO4. The van der Waals surface area contributed by atoms with Gasteiger partial charge in [-0.25, -0.2) is 0 Å². The minimum absolute atomic E-state index is 0.141. The molecule has 2 rings (SSSR count). The van der Waals surface area contributed by atoms with Crippen LogP contribution in [0.25, 0.3) is 0 Å². The Kier molecular flexibility index (Phi) is 3.95. The minimum atomic E-state index is -0.443. The SMILES string of the molecule is COC(=O)C1CC(=O)N(c2cc(Cl)ccc2OC)C1. The molecule has 0 aliphatic carbocycles. The van der Waals surface area contributed by atoms with Crippen molar-refractivity contribution in [2.24, 2.45) is 5.92 Å². The number of amides is 1. The lowest BCUT2D eigenvalue weighted by Crippen LogP contribution is -2.26. The number of esters is 1. The Bertz CT molecular complexity index is 517. The second kappa shape index (κ2) is 5.48. The maximum absolute atomic E-state index is 12.0. The van der Waals surface area contributed by atoms with Gasteiger partial charge >= 0.3 is 5.97 Å². The molecule has 19 heavy (non-hydrogen) atoms. The molecule has 0 N–H and O–H groups in total. The van der Waals surface area contributed by atoms with Crippen molar-refractivity contribution in [1.82, 2.24) is 0 Å². The average molecular weight is 284 g/mol. The molecule has 1 saturated heterocycles. The Morgan fingerprint density at radius 2 is 2.16 bits per heavy atom. The van der Waals surface area contributed by atoms with Crippen LogP contribution in [0.5, 0.6) is 5.75 Å². The number of rotatable bonds is 3. The molecule has 1 atom stereocenters. The standard InChI is InChI=1S/C13H14ClNO4/c1-18-11-4-3-9(14)6-10(11)15-7-8(5-12(15)16)13(17)19-2/h3-4,6,8H,5,7H2,1-2H3. The first-order chi connectivity index (χ1) is 9.06. The van der Waals surface area contributed by atoms with Gasteiger partial charge in [0, 0.05) is 18.0 Å². The van der Waals surface area contributed by atoms with E-state index in [1.165, 1.54) is 19.1 Å². The van der Waals surface area contributed by atoms with Crippen LogP contribution >= 0.6 is 11.6 Å². The number of hydrogen-bond donors (Lipinski definition) is 0. The third kappa shape index (κ3) is 2.66. The molecule has 0 saturated carbocycles. The molecule has 1 unspecified atom stereocenters. The smallest absolute Gasteiger partial charge is 0.311 e. The first-order valence-electron chi connectivity index (χ1n) is 5.78. The third-order valence-electron chi connectivity index (χ3n) is 3.09. The topological polar surface area (TPSA) is 55.8 Å². The molecule has 0 radical (unpaired) electrons. The molecule has 0 bridgehead atoms. The van der Waals surface area contributed by atoms with Crippen LogP contribution in [0.15, 0.2) is 18.2 Å². The maximum Gasteiger partial charge on any atom is 0.311 e. The van der Waals surface area contributed by atoms with Crippen LogP contribution < -0.4 is 9.64 Å². The largest absolute Gasteiger partial charge is 0.495 e. The summed E-state index contributed by atoms with van der Waals surface area (Å²) in [5.74, 6) is -0.419. The number of halogens is 1. The highest BCUT2D eigenvalue weighted by Gasteiger charge is 2.36. The van der Waals surface area contributed by atoms with Crippen LogP contribution in [-0.2, 0) is 14.3 Å². The first-order valence-corrected chi connectivity index (χ1v) is 6.16.